The molecule has 3 aromatic carbocycles. The third kappa shape index (κ3) is 7.35. The summed E-state index contributed by atoms with van der Waals surface area (Å²) in [4.78, 5) is 0. The van der Waals surface area contributed by atoms with E-state index in [0.29, 0.717) is 10.3 Å². The minimum absolute atomic E-state index is 0.714. The molecule has 1 aliphatic rings. The Morgan fingerprint density at radius 1 is 0.522 bits per heavy atom. The van der Waals surface area contributed by atoms with Crippen molar-refractivity contribution in [1.82, 2.24) is 0 Å². The van der Waals surface area contributed by atoms with Gasteiger partial charge in [-0.1, -0.05) is 166 Å². The molecule has 0 saturated carbocycles. The van der Waals surface area contributed by atoms with E-state index in [1.807, 2.05) is 16.3 Å². The first kappa shape index (κ1) is 38.7. The number of halogens is 1. The van der Waals surface area contributed by atoms with E-state index in [1.165, 1.54) is 11.4 Å². The monoisotopic (exact) mass is 798 g/mol. The van der Waals surface area contributed by atoms with Crippen LogP contribution in [0.4, 0.5) is 0 Å². The molecule has 1 unspecified atom stereocenters. The molecule has 0 amide bonds. The van der Waals surface area contributed by atoms with E-state index in [9.17, 15) is 0 Å². The summed E-state index contributed by atoms with van der Waals surface area (Å²) in [5, 5.41) is 8.66. The zero-order valence-corrected chi connectivity index (χ0v) is 41.5. The second-order valence-electron chi connectivity index (χ2n) is 21.4. The van der Waals surface area contributed by atoms with Gasteiger partial charge in [0.2, 0.25) is 0 Å². The topological polar surface area (TPSA) is 0 Å². The average Bonchev–Trinajstić information content (AvgIpc) is 3.07. The highest BCUT2D eigenvalue weighted by atomic mass is 79.9. The van der Waals surface area contributed by atoms with Gasteiger partial charge in [0.25, 0.3) is 0 Å². The van der Waals surface area contributed by atoms with Crippen molar-refractivity contribution in [1.29, 1.82) is 0 Å². The molecule has 8 heteroatoms. The Bertz CT molecular complexity index is 1500. The zero-order chi connectivity index (χ0) is 35.2. The van der Waals surface area contributed by atoms with Gasteiger partial charge >= 0.3 is 0 Å². The van der Waals surface area contributed by atoms with Gasteiger partial charge in [-0.05, 0) is 64.9 Å². The summed E-state index contributed by atoms with van der Waals surface area (Å²) >= 11 is 4.89. The van der Waals surface area contributed by atoms with Crippen LogP contribution in [0.3, 0.4) is 0 Å². The van der Waals surface area contributed by atoms with Gasteiger partial charge in [-0.3, -0.25) is 0 Å². The Balaban J connectivity index is 2.34. The van der Waals surface area contributed by atoms with Crippen LogP contribution >= 0.6 is 15.3 Å². The molecular formula is C38H67BrSi7. The molecule has 0 radical (unpaired) electrons. The zero-order valence-electron chi connectivity index (χ0n) is 32.9. The van der Waals surface area contributed by atoms with E-state index in [2.05, 4.69) is 166 Å². The van der Waals surface area contributed by atoms with Crippen LogP contribution in [0, 0.1) is 0 Å². The van der Waals surface area contributed by atoms with E-state index < -0.39 is 55.1 Å². The Morgan fingerprint density at radius 3 is 1.26 bits per heavy atom. The summed E-state index contributed by atoms with van der Waals surface area (Å²) in [6.45, 7) is 46.0. The lowest BCUT2D eigenvalue weighted by Crippen LogP contribution is -2.61. The van der Waals surface area contributed by atoms with Crippen molar-refractivity contribution >= 4 is 91.6 Å². The molecule has 0 aliphatic carbocycles. The highest BCUT2D eigenvalue weighted by Gasteiger charge is 2.52. The van der Waals surface area contributed by atoms with E-state index in [1.54, 1.807) is 21.7 Å². The maximum atomic E-state index is 4.89. The second kappa shape index (κ2) is 12.3. The number of hydrogen-bond donors (Lipinski definition) is 0. The molecule has 1 heterocycles. The summed E-state index contributed by atoms with van der Waals surface area (Å²) in [6, 6.07) is 21.4. The summed E-state index contributed by atoms with van der Waals surface area (Å²) in [7, 11) is -9.47. The molecular weight excluding hydrogens is 733 g/mol. The first-order chi connectivity index (χ1) is 20.5. The average molecular weight is 800 g/mol. The highest BCUT2D eigenvalue weighted by molar-refractivity contribution is 9.27. The van der Waals surface area contributed by atoms with Crippen LogP contribution in [0.15, 0.2) is 48.5 Å². The van der Waals surface area contributed by atoms with Crippen molar-refractivity contribution in [2.24, 2.45) is 0 Å². The van der Waals surface area contributed by atoms with Gasteiger partial charge in [0.05, 0.1) is 0 Å². The molecule has 0 nitrogen and oxygen atoms in total. The van der Waals surface area contributed by atoms with Crippen molar-refractivity contribution in [3.05, 3.63) is 70.8 Å². The van der Waals surface area contributed by atoms with Crippen molar-refractivity contribution in [3.63, 3.8) is 0 Å². The molecule has 0 spiro atoms. The van der Waals surface area contributed by atoms with E-state index >= 15 is 0 Å². The van der Waals surface area contributed by atoms with E-state index in [4.69, 9.17) is 15.3 Å². The molecule has 46 heavy (non-hydrogen) atoms. The quantitative estimate of drug-likeness (QED) is 0.142. The molecule has 0 aromatic heterocycles. The lowest BCUT2D eigenvalue weighted by Gasteiger charge is -2.47. The van der Waals surface area contributed by atoms with Crippen molar-refractivity contribution < 1.29 is 0 Å². The molecule has 254 valence electrons. The minimum atomic E-state index is -2.32. The second-order valence-corrected chi connectivity index (χ2v) is 62.0. The molecule has 1 atom stereocenters. The third-order valence-electron chi connectivity index (χ3n) is 10.6. The molecule has 0 saturated heterocycles. The standard InChI is InChI=1S/C38H67BrSi7/c1-40(2,3)36(41(4,5)6)30-25-31(37(42(7,8)9)43(10,11)12)35(32(26-30)38(44(13,14)15)45(16,17)18)46(39)27-29-23-19-21-28-22-20-24-33(46)34(28)29/h19-26,36-38H,27H2,1-18H3. The van der Waals surface area contributed by atoms with Crippen LogP contribution in [0.2, 0.25) is 118 Å². The largest absolute Gasteiger partial charge is 0.196 e. The van der Waals surface area contributed by atoms with Gasteiger partial charge in [-0.25, -0.2) is 0 Å². The molecule has 4 rings (SSSR count). The summed E-state index contributed by atoms with van der Waals surface area (Å²) < 4.78 is 0. The Kier molecular flexibility index (Phi) is 10.4. The van der Waals surface area contributed by atoms with Gasteiger partial charge in [0.15, 0.2) is 6.69 Å². The van der Waals surface area contributed by atoms with Crippen molar-refractivity contribution in [3.8, 4) is 0 Å². The predicted octanol–water partition coefficient (Wildman–Crippen LogP) is 11.9. The normalized spacial score (nSPS) is 18.5. The predicted molar refractivity (Wildman–Crippen MR) is 236 cm³/mol. The molecule has 3 aromatic rings. The Labute approximate surface area is 299 Å². The summed E-state index contributed by atoms with van der Waals surface area (Å²) in [6.07, 6.45) is 0. The molecule has 1 aliphatic heterocycles. The molecule has 0 fully saturated rings. The third-order valence-corrected chi connectivity index (χ3v) is 45.3. The Morgan fingerprint density at radius 2 is 0.891 bits per heavy atom. The first-order valence-electron chi connectivity index (χ1n) is 17.9. The van der Waals surface area contributed by atoms with E-state index in [0.717, 1.165) is 5.16 Å². The van der Waals surface area contributed by atoms with Gasteiger partial charge < -0.3 is 0 Å². The number of benzene rings is 3. The highest BCUT2D eigenvalue weighted by Crippen LogP contribution is 2.46. The summed E-state index contributed by atoms with van der Waals surface area (Å²) in [5.74, 6) is 0. The fourth-order valence-electron chi connectivity index (χ4n) is 11.0. The van der Waals surface area contributed by atoms with Crippen LogP contribution in [0.5, 0.6) is 0 Å². The SMILES string of the molecule is C[Si](C)(C)C(c1cc(C([Si](C)(C)C)[Si](C)(C)C)c([Si]2(Br)Cc3cccc4cccc2c34)c(C([Si](C)(C)C)[Si](C)(C)C)c1)[Si](C)(C)C. The molecule has 0 N–H and O–H groups in total. The first-order valence-corrected chi connectivity index (χ1v) is 43.8. The number of hydrogen-bond acceptors (Lipinski definition) is 0. The lowest BCUT2D eigenvalue weighted by molar-refractivity contribution is 1.09. The van der Waals surface area contributed by atoms with Crippen LogP contribution in [0.25, 0.3) is 10.8 Å². The van der Waals surface area contributed by atoms with Crippen LogP contribution in [-0.4, -0.2) is 55.1 Å². The Hall–Kier alpha value is -0.0818. The van der Waals surface area contributed by atoms with Crippen LogP contribution in [-0.2, 0) is 6.04 Å². The van der Waals surface area contributed by atoms with Crippen molar-refractivity contribution in [2.75, 3.05) is 0 Å². The minimum Gasteiger partial charge on any atom is -0.114 e. The fourth-order valence-corrected chi connectivity index (χ4v) is 56.9. The number of rotatable bonds is 10. The van der Waals surface area contributed by atoms with E-state index in [-0.39, 0.29) is 0 Å². The maximum absolute atomic E-state index is 4.89. The smallest absolute Gasteiger partial charge is 0.114 e. The lowest BCUT2D eigenvalue weighted by atomic mass is 10.1. The molecule has 0 bridgehead atoms. The van der Waals surface area contributed by atoms with Gasteiger partial charge in [0, 0.05) is 48.4 Å². The van der Waals surface area contributed by atoms with Gasteiger partial charge in [-0.15, -0.1) is 15.3 Å². The van der Waals surface area contributed by atoms with Crippen LogP contribution < -0.4 is 10.4 Å². The maximum Gasteiger partial charge on any atom is 0.196 e. The van der Waals surface area contributed by atoms with Crippen LogP contribution in [0.1, 0.15) is 37.7 Å². The van der Waals surface area contributed by atoms with Crippen molar-refractivity contribution in [2.45, 2.75) is 139 Å². The fraction of sp³-hybridized carbons (Fsp3) is 0.579. The van der Waals surface area contributed by atoms with Gasteiger partial charge in [0.1, 0.15) is 0 Å². The van der Waals surface area contributed by atoms with Gasteiger partial charge in [-0.2, -0.15) is 0 Å². The summed E-state index contributed by atoms with van der Waals surface area (Å²) in [5.41, 5.74) is 6.97.